The summed E-state index contributed by atoms with van der Waals surface area (Å²) < 4.78 is 2.51. The molecule has 2 nitrogen and oxygen atoms in total. The molecule has 0 N–H and O–H groups in total. The third-order valence-electron chi connectivity index (χ3n) is 6.10. The van der Waals surface area contributed by atoms with Gasteiger partial charge in [-0.3, -0.25) is 4.40 Å². The highest BCUT2D eigenvalue weighted by molar-refractivity contribution is 6.18. The van der Waals surface area contributed by atoms with Crippen molar-refractivity contribution in [1.82, 2.24) is 9.38 Å². The minimum absolute atomic E-state index is 0.585. The van der Waals surface area contributed by atoms with E-state index in [-0.39, 0.29) is 0 Å². The average Bonchev–Trinajstić information content (AvgIpc) is 3.02. The van der Waals surface area contributed by atoms with E-state index in [1.54, 1.807) is 0 Å². The third kappa shape index (κ3) is 2.83. The van der Waals surface area contributed by atoms with Gasteiger partial charge in [0.25, 0.3) is 0 Å². The molecule has 3 aromatic rings. The lowest BCUT2D eigenvalue weighted by molar-refractivity contribution is 0.425. The molecule has 1 saturated carbocycles. The molecule has 0 saturated heterocycles. The number of hydrogen-bond acceptors (Lipinski definition) is 1. The molecule has 1 aliphatic carbocycles. The minimum atomic E-state index is 0.585. The Kier molecular flexibility index (Phi) is 5.22. The van der Waals surface area contributed by atoms with E-state index in [0.717, 1.165) is 19.3 Å². The highest BCUT2D eigenvalue weighted by Crippen LogP contribution is 2.38. The molecule has 3 heteroatoms. The van der Waals surface area contributed by atoms with Crippen LogP contribution in [-0.4, -0.2) is 15.3 Å². The summed E-state index contributed by atoms with van der Waals surface area (Å²) in [5, 5.41) is 1.36. The summed E-state index contributed by atoms with van der Waals surface area (Å²) in [6.45, 7) is 4.51. The quantitative estimate of drug-likeness (QED) is 0.473. The number of halogens is 1. The lowest BCUT2D eigenvalue weighted by Crippen LogP contribution is -2.15. The Morgan fingerprint density at radius 1 is 1.04 bits per heavy atom. The Morgan fingerprint density at radius 3 is 2.50 bits per heavy atom. The summed E-state index contributed by atoms with van der Waals surface area (Å²) in [6, 6.07) is 8.84. The molecule has 138 valence electrons. The van der Waals surface area contributed by atoms with E-state index in [1.165, 1.54) is 71.2 Å². The highest BCUT2D eigenvalue weighted by atomic mass is 35.5. The summed E-state index contributed by atoms with van der Waals surface area (Å²) >= 11 is 6.23. The van der Waals surface area contributed by atoms with Crippen molar-refractivity contribution in [3.05, 3.63) is 46.9 Å². The van der Waals surface area contributed by atoms with Gasteiger partial charge in [-0.2, -0.15) is 0 Å². The van der Waals surface area contributed by atoms with Gasteiger partial charge in [-0.25, -0.2) is 4.98 Å². The molecular formula is C23H29ClN2. The van der Waals surface area contributed by atoms with Crippen LogP contribution < -0.4 is 0 Å². The van der Waals surface area contributed by atoms with Gasteiger partial charge in [-0.05, 0) is 49.3 Å². The van der Waals surface area contributed by atoms with Gasteiger partial charge in [0.2, 0.25) is 0 Å². The van der Waals surface area contributed by atoms with Crippen LogP contribution in [0.2, 0.25) is 0 Å². The Bertz CT molecular complexity index is 919. The molecule has 26 heavy (non-hydrogen) atoms. The molecule has 0 radical (unpaired) electrons. The number of fused-ring (bicyclic) bond motifs is 3. The fourth-order valence-corrected chi connectivity index (χ4v) is 5.09. The Labute approximate surface area is 161 Å². The maximum atomic E-state index is 6.23. The molecular weight excluding hydrogens is 340 g/mol. The molecule has 0 atom stereocenters. The van der Waals surface area contributed by atoms with E-state index >= 15 is 0 Å². The van der Waals surface area contributed by atoms with Gasteiger partial charge in [0.05, 0.1) is 11.0 Å². The van der Waals surface area contributed by atoms with Crippen LogP contribution in [0.3, 0.4) is 0 Å². The van der Waals surface area contributed by atoms with Crippen molar-refractivity contribution in [2.75, 3.05) is 5.88 Å². The number of aryl methyl sites for hydroxylation is 3. The first-order valence-electron chi connectivity index (χ1n) is 10.3. The van der Waals surface area contributed by atoms with E-state index < -0.39 is 0 Å². The van der Waals surface area contributed by atoms with Crippen molar-refractivity contribution in [3.63, 3.8) is 0 Å². The van der Waals surface area contributed by atoms with Gasteiger partial charge in [-0.1, -0.05) is 51.3 Å². The van der Waals surface area contributed by atoms with Crippen LogP contribution in [0.1, 0.15) is 74.5 Å². The van der Waals surface area contributed by atoms with E-state index in [1.807, 2.05) is 0 Å². The fourth-order valence-electron chi connectivity index (χ4n) is 4.90. The lowest BCUT2D eigenvalue weighted by atomic mass is 9.88. The maximum Gasteiger partial charge on any atom is 0.117 e. The van der Waals surface area contributed by atoms with Gasteiger partial charge in [0, 0.05) is 22.9 Å². The van der Waals surface area contributed by atoms with E-state index in [9.17, 15) is 0 Å². The van der Waals surface area contributed by atoms with Crippen LogP contribution in [0.4, 0.5) is 0 Å². The molecule has 0 unspecified atom stereocenters. The largest absolute Gasteiger partial charge is 0.297 e. The molecule has 0 aliphatic heterocycles. The van der Waals surface area contributed by atoms with Crippen LogP contribution in [0.25, 0.3) is 16.4 Å². The molecule has 1 aliphatic rings. The lowest BCUT2D eigenvalue weighted by Gasteiger charge is -2.24. The van der Waals surface area contributed by atoms with Crippen LogP contribution in [0.5, 0.6) is 0 Å². The number of benzene rings is 1. The predicted octanol–water partition coefficient (Wildman–Crippen LogP) is 6.44. The molecule has 2 heterocycles. The van der Waals surface area contributed by atoms with Crippen LogP contribution in [0.15, 0.2) is 24.3 Å². The standard InChI is InChI=1S/C23H29ClN2/c1-3-17-20(4-2)25-23(16-10-6-5-7-11-16)26-21-13-9-8-12-18(21)19(14-15-24)22(17)26/h8-9,12-13,16H,3-7,10-11,14-15H2,1-2H3. The number of para-hydroxylation sites is 1. The number of rotatable bonds is 5. The van der Waals surface area contributed by atoms with Gasteiger partial charge in [0.15, 0.2) is 0 Å². The summed E-state index contributed by atoms with van der Waals surface area (Å²) in [7, 11) is 0. The zero-order valence-corrected chi connectivity index (χ0v) is 16.8. The summed E-state index contributed by atoms with van der Waals surface area (Å²) in [5.74, 6) is 2.54. The van der Waals surface area contributed by atoms with Gasteiger partial charge in [-0.15, -0.1) is 11.6 Å². The third-order valence-corrected chi connectivity index (χ3v) is 6.28. The smallest absolute Gasteiger partial charge is 0.117 e. The second-order valence-corrected chi connectivity index (χ2v) is 7.93. The van der Waals surface area contributed by atoms with Crippen molar-refractivity contribution >= 4 is 28.0 Å². The van der Waals surface area contributed by atoms with Gasteiger partial charge < -0.3 is 0 Å². The van der Waals surface area contributed by atoms with Gasteiger partial charge in [0.1, 0.15) is 5.82 Å². The first-order chi connectivity index (χ1) is 12.8. The predicted molar refractivity (Wildman–Crippen MR) is 112 cm³/mol. The normalized spacial score (nSPS) is 16.0. The zero-order chi connectivity index (χ0) is 18.1. The molecule has 0 bridgehead atoms. The van der Waals surface area contributed by atoms with Crippen molar-refractivity contribution in [2.24, 2.45) is 0 Å². The monoisotopic (exact) mass is 368 g/mol. The number of aromatic nitrogens is 2. The molecule has 2 aromatic heterocycles. The van der Waals surface area contributed by atoms with Crippen molar-refractivity contribution in [3.8, 4) is 0 Å². The van der Waals surface area contributed by atoms with E-state index in [4.69, 9.17) is 16.6 Å². The second-order valence-electron chi connectivity index (χ2n) is 7.56. The molecule has 4 rings (SSSR count). The zero-order valence-electron chi connectivity index (χ0n) is 16.0. The summed E-state index contributed by atoms with van der Waals surface area (Å²) in [5.41, 5.74) is 6.85. The number of nitrogens with zero attached hydrogens (tertiary/aromatic N) is 2. The molecule has 1 aromatic carbocycles. The number of hydrogen-bond donors (Lipinski definition) is 0. The highest BCUT2D eigenvalue weighted by Gasteiger charge is 2.25. The first-order valence-corrected chi connectivity index (χ1v) is 10.8. The van der Waals surface area contributed by atoms with E-state index in [0.29, 0.717) is 11.8 Å². The van der Waals surface area contributed by atoms with Crippen molar-refractivity contribution in [2.45, 2.75) is 71.1 Å². The van der Waals surface area contributed by atoms with Crippen LogP contribution in [-0.2, 0) is 19.3 Å². The van der Waals surface area contributed by atoms with Crippen LogP contribution in [0, 0.1) is 0 Å². The SMILES string of the molecule is CCc1nc(C2CCCCC2)n2c(c1CC)c(CCCl)c1ccccc12. The second kappa shape index (κ2) is 7.60. The molecule has 1 fully saturated rings. The topological polar surface area (TPSA) is 17.3 Å². The van der Waals surface area contributed by atoms with Gasteiger partial charge >= 0.3 is 0 Å². The summed E-state index contributed by atoms with van der Waals surface area (Å²) in [6.07, 6.45) is 9.52. The summed E-state index contributed by atoms with van der Waals surface area (Å²) in [4.78, 5) is 5.27. The van der Waals surface area contributed by atoms with Crippen molar-refractivity contribution in [1.29, 1.82) is 0 Å². The Morgan fingerprint density at radius 2 is 1.81 bits per heavy atom. The first kappa shape index (κ1) is 17.9. The molecule has 0 amide bonds. The van der Waals surface area contributed by atoms with Crippen molar-refractivity contribution < 1.29 is 0 Å². The average molecular weight is 369 g/mol. The Balaban J connectivity index is 2.12. The van der Waals surface area contributed by atoms with E-state index in [2.05, 4.69) is 42.5 Å². The number of alkyl halides is 1. The maximum absolute atomic E-state index is 6.23. The molecule has 0 spiro atoms. The minimum Gasteiger partial charge on any atom is -0.297 e. The van der Waals surface area contributed by atoms with Crippen LogP contribution >= 0.6 is 11.6 Å². The fraction of sp³-hybridized carbons (Fsp3) is 0.522. The Hall–Kier alpha value is -1.54.